The van der Waals surface area contributed by atoms with Crippen molar-refractivity contribution < 1.29 is 33.7 Å². The number of H-pyrrole nitrogens is 1. The summed E-state index contributed by atoms with van der Waals surface area (Å²) in [5.74, 6) is -4.10. The first kappa shape index (κ1) is 24.8. The number of fused-ring (bicyclic) bond motifs is 1. The molecule has 0 amide bonds. The van der Waals surface area contributed by atoms with Crippen LogP contribution >= 0.6 is 0 Å². The van der Waals surface area contributed by atoms with Crippen LogP contribution in [0.5, 0.6) is 0 Å². The monoisotopic (exact) mass is 493 g/mol. The molecule has 0 saturated carbocycles. The molecule has 0 spiro atoms. The van der Waals surface area contributed by atoms with Crippen LogP contribution in [0, 0.1) is 5.92 Å². The third kappa shape index (κ3) is 4.61. The Morgan fingerprint density at radius 3 is 2.78 bits per heavy atom. The van der Waals surface area contributed by atoms with Gasteiger partial charge >= 0.3 is 12.1 Å². The van der Waals surface area contributed by atoms with Crippen molar-refractivity contribution in [3.63, 3.8) is 0 Å². The van der Waals surface area contributed by atoms with Gasteiger partial charge in [-0.1, -0.05) is 12.2 Å². The molecule has 2 aliphatic heterocycles. The Hall–Kier alpha value is -4.34. The Morgan fingerprint density at radius 2 is 2.06 bits per heavy atom. The van der Waals surface area contributed by atoms with E-state index in [1.165, 1.54) is 13.0 Å². The van der Waals surface area contributed by atoms with Crippen LogP contribution in [0.2, 0.25) is 0 Å². The summed E-state index contributed by atoms with van der Waals surface area (Å²) in [7, 11) is 0. The molecule has 36 heavy (non-hydrogen) atoms. The number of carbonyl (C=O) groups is 3. The molecule has 3 atom stereocenters. The minimum absolute atomic E-state index is 0.188. The highest BCUT2D eigenvalue weighted by Gasteiger charge is 2.64. The highest BCUT2D eigenvalue weighted by atomic mass is 16.7. The van der Waals surface area contributed by atoms with E-state index in [1.807, 2.05) is 6.07 Å². The van der Waals surface area contributed by atoms with Gasteiger partial charge < -0.3 is 29.6 Å². The largest absolute Gasteiger partial charge is 0.509 e. The fourth-order valence-electron chi connectivity index (χ4n) is 4.22. The molecule has 10 heteroatoms. The minimum atomic E-state index is -1.91. The molecule has 4 heterocycles. The van der Waals surface area contributed by atoms with Crippen molar-refractivity contribution in [1.82, 2.24) is 15.3 Å². The molecule has 3 unspecified atom stereocenters. The Morgan fingerprint density at radius 1 is 1.28 bits per heavy atom. The van der Waals surface area contributed by atoms with Gasteiger partial charge in [-0.05, 0) is 58.1 Å². The SMILES string of the molecule is CC(OC(=O)OC(C)(C)C)C1(C2=CC=CC=CN2)O/C(=C\c2c[nH]c3ncccc23)C(=O)C1C(=O)O. The van der Waals surface area contributed by atoms with Gasteiger partial charge in [-0.25, -0.2) is 9.78 Å². The molecule has 0 radical (unpaired) electrons. The number of ether oxygens (including phenoxy) is 3. The summed E-state index contributed by atoms with van der Waals surface area (Å²) >= 11 is 0. The minimum Gasteiger partial charge on any atom is -0.481 e. The molecule has 1 saturated heterocycles. The normalized spacial score (nSPS) is 23.6. The average Bonchev–Trinajstić information content (AvgIpc) is 3.18. The zero-order chi connectivity index (χ0) is 26.1. The lowest BCUT2D eigenvalue weighted by atomic mass is 9.79. The van der Waals surface area contributed by atoms with E-state index in [9.17, 15) is 19.5 Å². The number of carboxylic acids is 1. The Balaban J connectivity index is 1.82. The molecule has 0 bridgehead atoms. The van der Waals surface area contributed by atoms with E-state index in [4.69, 9.17) is 14.2 Å². The van der Waals surface area contributed by atoms with Crippen molar-refractivity contribution in [3.8, 4) is 0 Å². The number of hydrogen-bond donors (Lipinski definition) is 3. The molecule has 2 aromatic heterocycles. The van der Waals surface area contributed by atoms with Gasteiger partial charge in [0.2, 0.25) is 11.4 Å². The van der Waals surface area contributed by atoms with Gasteiger partial charge in [0, 0.05) is 29.5 Å². The number of pyridine rings is 1. The van der Waals surface area contributed by atoms with E-state index >= 15 is 0 Å². The van der Waals surface area contributed by atoms with Gasteiger partial charge in [0.25, 0.3) is 0 Å². The molecule has 3 N–H and O–H groups in total. The van der Waals surface area contributed by atoms with E-state index < -0.39 is 41.1 Å². The first-order valence-corrected chi connectivity index (χ1v) is 11.3. The topological polar surface area (TPSA) is 140 Å². The van der Waals surface area contributed by atoms with Crippen LogP contribution in [-0.2, 0) is 23.8 Å². The van der Waals surface area contributed by atoms with Crippen LogP contribution in [-0.4, -0.2) is 50.3 Å². The number of rotatable bonds is 5. The molecular weight excluding hydrogens is 466 g/mol. The smallest absolute Gasteiger partial charge is 0.481 e. The van der Waals surface area contributed by atoms with Crippen molar-refractivity contribution in [3.05, 3.63) is 72.1 Å². The van der Waals surface area contributed by atoms with Gasteiger partial charge in [-0.15, -0.1) is 0 Å². The summed E-state index contributed by atoms with van der Waals surface area (Å²) in [5, 5.41) is 13.9. The van der Waals surface area contributed by atoms with Crippen molar-refractivity contribution in [1.29, 1.82) is 0 Å². The Kier molecular flexibility index (Phi) is 6.45. The zero-order valence-electron chi connectivity index (χ0n) is 20.3. The maximum atomic E-state index is 13.5. The lowest BCUT2D eigenvalue weighted by Crippen LogP contribution is -2.55. The zero-order valence-corrected chi connectivity index (χ0v) is 20.3. The maximum absolute atomic E-state index is 13.5. The van der Waals surface area contributed by atoms with Crippen molar-refractivity contribution in [2.45, 2.75) is 45.0 Å². The fourth-order valence-corrected chi connectivity index (χ4v) is 4.22. The second-order valence-corrected chi connectivity index (χ2v) is 9.38. The van der Waals surface area contributed by atoms with Crippen LogP contribution in [0.25, 0.3) is 17.1 Å². The van der Waals surface area contributed by atoms with E-state index in [-0.39, 0.29) is 11.5 Å². The van der Waals surface area contributed by atoms with E-state index in [0.717, 1.165) is 5.39 Å². The first-order valence-electron chi connectivity index (χ1n) is 11.3. The average molecular weight is 494 g/mol. The predicted octanol–water partition coefficient (Wildman–Crippen LogP) is 3.84. The summed E-state index contributed by atoms with van der Waals surface area (Å²) in [5.41, 5.74) is -1.34. The molecular formula is C26H27N3O7. The maximum Gasteiger partial charge on any atom is 0.509 e. The number of nitrogens with one attached hydrogen (secondary N) is 2. The summed E-state index contributed by atoms with van der Waals surface area (Å²) in [4.78, 5) is 45.8. The number of Topliss-reactive ketones (excluding diaryl/α,β-unsaturated/α-hetero) is 1. The molecule has 1 fully saturated rings. The van der Waals surface area contributed by atoms with Crippen molar-refractivity contribution in [2.75, 3.05) is 0 Å². The van der Waals surface area contributed by atoms with Crippen LogP contribution < -0.4 is 5.32 Å². The van der Waals surface area contributed by atoms with Crippen molar-refractivity contribution in [2.24, 2.45) is 5.92 Å². The summed E-state index contributed by atoms with van der Waals surface area (Å²) in [6.07, 6.45) is 10.7. The molecule has 0 aromatic carbocycles. The first-order chi connectivity index (χ1) is 17.0. The second-order valence-electron chi connectivity index (χ2n) is 9.38. The number of allylic oxidation sites excluding steroid dienone is 5. The number of aromatic nitrogens is 2. The molecule has 188 valence electrons. The number of carboxylic acid groups (broad SMARTS) is 1. The highest BCUT2D eigenvalue weighted by molar-refractivity contribution is 6.13. The van der Waals surface area contributed by atoms with Crippen LogP contribution in [0.4, 0.5) is 4.79 Å². The van der Waals surface area contributed by atoms with Gasteiger partial charge in [0.1, 0.15) is 17.4 Å². The molecule has 10 nitrogen and oxygen atoms in total. The standard InChI is InChI=1S/C26H27N3O7/c1-15(34-24(33)36-25(2,3)4)26(19-10-6-5-7-11-27-19)20(23(31)32)21(30)18(35-26)13-16-14-29-22-17(16)9-8-12-28-22/h5-15,20,27H,1-4H3,(H,28,29)(H,31,32)/b18-13-. The highest BCUT2D eigenvalue weighted by Crippen LogP contribution is 2.45. The Labute approximate surface area is 207 Å². The Bertz CT molecular complexity index is 1330. The second kappa shape index (κ2) is 9.37. The molecule has 0 aliphatic carbocycles. The van der Waals surface area contributed by atoms with Gasteiger partial charge in [0.05, 0.1) is 5.70 Å². The number of aromatic amines is 1. The summed E-state index contributed by atoms with van der Waals surface area (Å²) in [6.45, 7) is 6.48. The van der Waals surface area contributed by atoms with E-state index in [0.29, 0.717) is 11.2 Å². The lowest BCUT2D eigenvalue weighted by molar-refractivity contribution is -0.156. The van der Waals surface area contributed by atoms with Gasteiger partial charge in [0.15, 0.2) is 11.7 Å². The van der Waals surface area contributed by atoms with Crippen LogP contribution in [0.3, 0.4) is 0 Å². The number of carbonyl (C=O) groups excluding carboxylic acids is 2. The van der Waals surface area contributed by atoms with E-state index in [1.54, 1.807) is 69.7 Å². The van der Waals surface area contributed by atoms with Crippen LogP contribution in [0.15, 0.2) is 66.5 Å². The van der Waals surface area contributed by atoms with Gasteiger partial charge in [-0.2, -0.15) is 0 Å². The van der Waals surface area contributed by atoms with E-state index in [2.05, 4.69) is 15.3 Å². The summed E-state index contributed by atoms with van der Waals surface area (Å²) in [6, 6.07) is 3.56. The van der Waals surface area contributed by atoms with Crippen molar-refractivity contribution >= 4 is 35.0 Å². The summed E-state index contributed by atoms with van der Waals surface area (Å²) < 4.78 is 17.0. The third-order valence-electron chi connectivity index (χ3n) is 5.74. The number of ketones is 1. The molecule has 2 aliphatic rings. The van der Waals surface area contributed by atoms with Crippen LogP contribution in [0.1, 0.15) is 33.3 Å². The lowest BCUT2D eigenvalue weighted by Gasteiger charge is -2.38. The predicted molar refractivity (Wildman–Crippen MR) is 130 cm³/mol. The quantitative estimate of drug-likeness (QED) is 0.322. The molecule has 4 rings (SSSR count). The van der Waals surface area contributed by atoms with Gasteiger partial charge in [-0.3, -0.25) is 9.59 Å². The molecule has 2 aromatic rings. The number of nitrogens with zero attached hydrogens (tertiary/aromatic N) is 1. The fraction of sp³-hybridized carbons (Fsp3) is 0.308. The third-order valence-corrected chi connectivity index (χ3v) is 5.74. The number of aliphatic carboxylic acids is 1. The number of hydrogen-bond acceptors (Lipinski definition) is 8.